The van der Waals surface area contributed by atoms with Crippen LogP contribution in [0.4, 0.5) is 26.4 Å². The van der Waals surface area contributed by atoms with Gasteiger partial charge in [-0.05, 0) is 63.5 Å². The molecule has 2 aliphatic rings. The summed E-state index contributed by atoms with van der Waals surface area (Å²) in [5, 5.41) is 9.38. The van der Waals surface area contributed by atoms with Crippen LogP contribution in [0, 0.1) is 11.6 Å². The van der Waals surface area contributed by atoms with Crippen LogP contribution in [-0.2, 0) is 14.8 Å². The van der Waals surface area contributed by atoms with Crippen molar-refractivity contribution in [2.75, 3.05) is 16.9 Å². The second-order valence-electron chi connectivity index (χ2n) is 10.7. The van der Waals surface area contributed by atoms with Crippen LogP contribution in [0.3, 0.4) is 0 Å². The number of carbonyl (C=O) groups is 1. The van der Waals surface area contributed by atoms with E-state index in [2.05, 4.69) is 30.6 Å². The van der Waals surface area contributed by atoms with E-state index in [0.717, 1.165) is 44.6 Å². The van der Waals surface area contributed by atoms with Crippen molar-refractivity contribution >= 4 is 44.7 Å². The smallest absolute Gasteiger partial charge is 0.224 e. The summed E-state index contributed by atoms with van der Waals surface area (Å²) >= 11 is 0. The first-order chi connectivity index (χ1) is 19.0. The molecule has 2 fully saturated rings. The molecule has 5 rings (SSSR count). The number of imidazole rings is 1. The van der Waals surface area contributed by atoms with Gasteiger partial charge >= 0.3 is 0 Å². The number of anilines is 3. The second kappa shape index (κ2) is 11.6. The summed E-state index contributed by atoms with van der Waals surface area (Å²) in [7, 11) is -3.25. The molecule has 1 amide bonds. The van der Waals surface area contributed by atoms with E-state index >= 15 is 0 Å². The number of hydrogen-bond acceptors (Lipinski definition) is 8. The normalized spacial score (nSPS) is 23.6. The maximum absolute atomic E-state index is 14.5. The van der Waals surface area contributed by atoms with E-state index in [-0.39, 0.29) is 35.8 Å². The van der Waals surface area contributed by atoms with Crippen LogP contribution in [-0.4, -0.2) is 58.2 Å². The summed E-state index contributed by atoms with van der Waals surface area (Å²) in [6.45, 7) is 1.51. The minimum atomic E-state index is -3.25. The predicted octanol–water partition coefficient (Wildman–Crippen LogP) is 3.74. The lowest BCUT2D eigenvalue weighted by molar-refractivity contribution is -0.119. The van der Waals surface area contributed by atoms with E-state index in [4.69, 9.17) is 4.98 Å². The SMILES string of the molecule is CC(=O)NC1CCC(n2c(Nc3ccc(F)cc3F)nc3cnc(NC4CCC(NS(C)(=O)=O)CC4)nc32)CC1. The minimum Gasteiger partial charge on any atom is -0.354 e. The van der Waals surface area contributed by atoms with Crippen LogP contribution >= 0.6 is 0 Å². The zero-order valence-corrected chi connectivity index (χ0v) is 23.3. The third-order valence-corrected chi connectivity index (χ3v) is 8.28. The van der Waals surface area contributed by atoms with Gasteiger partial charge in [0.05, 0.1) is 18.1 Å². The van der Waals surface area contributed by atoms with E-state index in [0.29, 0.717) is 35.9 Å². The van der Waals surface area contributed by atoms with Crippen molar-refractivity contribution in [1.82, 2.24) is 29.6 Å². The molecule has 0 aliphatic heterocycles. The molecule has 14 heteroatoms. The molecule has 4 N–H and O–H groups in total. The molecule has 1 aromatic carbocycles. The molecule has 0 spiro atoms. The topological polar surface area (TPSA) is 143 Å². The van der Waals surface area contributed by atoms with Gasteiger partial charge in [-0.25, -0.2) is 31.9 Å². The van der Waals surface area contributed by atoms with Gasteiger partial charge in [-0.3, -0.25) is 9.36 Å². The summed E-state index contributed by atoms with van der Waals surface area (Å²) in [5.41, 5.74) is 1.20. The maximum Gasteiger partial charge on any atom is 0.224 e. The van der Waals surface area contributed by atoms with E-state index < -0.39 is 21.7 Å². The van der Waals surface area contributed by atoms with Gasteiger partial charge in [0.15, 0.2) is 5.65 Å². The number of nitrogens with zero attached hydrogens (tertiary/aromatic N) is 4. The molecule has 2 aliphatic carbocycles. The Morgan fingerprint density at radius 2 is 1.65 bits per heavy atom. The molecule has 0 saturated heterocycles. The first-order valence-electron chi connectivity index (χ1n) is 13.5. The molecular formula is C26H34F2N8O3S. The predicted molar refractivity (Wildman–Crippen MR) is 148 cm³/mol. The van der Waals surface area contributed by atoms with Crippen molar-refractivity contribution in [3.8, 4) is 0 Å². The molecular weight excluding hydrogens is 542 g/mol. The Bertz CT molecular complexity index is 1480. The van der Waals surface area contributed by atoms with E-state index in [1.807, 2.05) is 4.57 Å². The Balaban J connectivity index is 1.39. The number of rotatable bonds is 8. The van der Waals surface area contributed by atoms with Crippen LogP contribution in [0.1, 0.15) is 64.3 Å². The van der Waals surface area contributed by atoms with E-state index in [1.165, 1.54) is 25.3 Å². The van der Waals surface area contributed by atoms with Crippen molar-refractivity contribution in [1.29, 1.82) is 0 Å². The number of benzene rings is 1. The molecule has 2 heterocycles. The largest absolute Gasteiger partial charge is 0.354 e. The molecule has 0 atom stereocenters. The highest BCUT2D eigenvalue weighted by Gasteiger charge is 2.28. The highest BCUT2D eigenvalue weighted by atomic mass is 32.2. The van der Waals surface area contributed by atoms with Gasteiger partial charge in [-0.2, -0.15) is 4.98 Å². The number of carbonyl (C=O) groups excluding carboxylic acids is 1. The number of hydrogen-bond donors (Lipinski definition) is 4. The Morgan fingerprint density at radius 3 is 2.30 bits per heavy atom. The summed E-state index contributed by atoms with van der Waals surface area (Å²) in [4.78, 5) is 25.4. The molecule has 2 saturated carbocycles. The molecule has 2 aromatic heterocycles. The number of fused-ring (bicyclic) bond motifs is 1. The van der Waals surface area contributed by atoms with Gasteiger partial charge in [0.2, 0.25) is 27.8 Å². The summed E-state index contributed by atoms with van der Waals surface area (Å²) in [6, 6.07) is 3.41. The van der Waals surface area contributed by atoms with Crippen molar-refractivity contribution in [3.05, 3.63) is 36.0 Å². The molecule has 0 bridgehead atoms. The lowest BCUT2D eigenvalue weighted by Crippen LogP contribution is -2.39. The summed E-state index contributed by atoms with van der Waals surface area (Å²) in [5.74, 6) is -0.657. The average molecular weight is 577 g/mol. The van der Waals surface area contributed by atoms with Gasteiger partial charge in [-0.15, -0.1) is 0 Å². The highest BCUT2D eigenvalue weighted by molar-refractivity contribution is 7.88. The number of sulfonamides is 1. The zero-order valence-electron chi connectivity index (χ0n) is 22.5. The van der Waals surface area contributed by atoms with Crippen LogP contribution in [0.25, 0.3) is 11.2 Å². The van der Waals surface area contributed by atoms with Crippen molar-refractivity contribution in [2.45, 2.75) is 82.5 Å². The third-order valence-electron chi connectivity index (χ3n) is 7.52. The van der Waals surface area contributed by atoms with Crippen LogP contribution in [0.15, 0.2) is 24.4 Å². The molecule has 0 radical (unpaired) electrons. The Kier molecular flexibility index (Phi) is 8.17. The fourth-order valence-corrected chi connectivity index (χ4v) is 6.55. The standard InChI is InChI=1S/C26H34F2N8O3S/c1-15(37)30-17-8-10-20(11-9-17)36-24-23(33-26(36)32-22-12-3-16(27)13-21(22)28)14-29-25(34-24)31-18-4-6-19(7-5-18)35-40(2,38)39/h3,12-14,17-20,35H,4-11H2,1-2H3,(H,30,37)(H,32,33)(H,29,31,34). The molecule has 40 heavy (non-hydrogen) atoms. The zero-order chi connectivity index (χ0) is 28.4. The van der Waals surface area contributed by atoms with Gasteiger partial charge in [0.1, 0.15) is 17.2 Å². The molecule has 3 aromatic rings. The molecule has 0 unspecified atom stereocenters. The number of amides is 1. The molecule has 11 nitrogen and oxygen atoms in total. The monoisotopic (exact) mass is 576 g/mol. The minimum absolute atomic E-state index is 0.0127. The maximum atomic E-state index is 14.5. The fourth-order valence-electron chi connectivity index (χ4n) is 5.71. The number of halogens is 2. The number of aromatic nitrogens is 4. The Hall–Kier alpha value is -3.39. The highest BCUT2D eigenvalue weighted by Crippen LogP contribution is 2.35. The van der Waals surface area contributed by atoms with Crippen LogP contribution in [0.5, 0.6) is 0 Å². The van der Waals surface area contributed by atoms with Crippen LogP contribution in [0.2, 0.25) is 0 Å². The number of nitrogens with one attached hydrogen (secondary N) is 4. The van der Waals surface area contributed by atoms with E-state index in [9.17, 15) is 22.0 Å². The van der Waals surface area contributed by atoms with Crippen LogP contribution < -0.4 is 20.7 Å². The quantitative estimate of drug-likeness (QED) is 0.318. The Morgan fingerprint density at radius 1 is 0.975 bits per heavy atom. The lowest BCUT2D eigenvalue weighted by atomic mass is 9.91. The second-order valence-corrected chi connectivity index (χ2v) is 12.5. The van der Waals surface area contributed by atoms with Gasteiger partial charge in [0, 0.05) is 37.2 Å². The molecule has 216 valence electrons. The van der Waals surface area contributed by atoms with E-state index in [1.54, 1.807) is 6.20 Å². The Labute approximate surface area is 231 Å². The third kappa shape index (κ3) is 6.84. The van der Waals surface area contributed by atoms with Crippen molar-refractivity contribution in [3.63, 3.8) is 0 Å². The summed E-state index contributed by atoms with van der Waals surface area (Å²) < 4.78 is 55.8. The van der Waals surface area contributed by atoms with Crippen molar-refractivity contribution < 1.29 is 22.0 Å². The average Bonchev–Trinajstić information content (AvgIpc) is 3.23. The first kappa shape index (κ1) is 28.1. The first-order valence-corrected chi connectivity index (χ1v) is 15.4. The van der Waals surface area contributed by atoms with Gasteiger partial charge in [0.25, 0.3) is 0 Å². The fraction of sp³-hybridized carbons (Fsp3) is 0.538. The van der Waals surface area contributed by atoms with Gasteiger partial charge in [-0.1, -0.05) is 0 Å². The van der Waals surface area contributed by atoms with Crippen molar-refractivity contribution in [2.24, 2.45) is 0 Å². The summed E-state index contributed by atoms with van der Waals surface area (Å²) in [6.07, 6.45) is 8.78. The lowest BCUT2D eigenvalue weighted by Gasteiger charge is -2.31. The van der Waals surface area contributed by atoms with Gasteiger partial charge < -0.3 is 16.0 Å².